The van der Waals surface area contributed by atoms with Crippen molar-refractivity contribution >= 4 is 33.0 Å². The third-order valence-corrected chi connectivity index (χ3v) is 4.57. The highest BCUT2D eigenvalue weighted by atomic mass is 35.5. The fourth-order valence-corrected chi connectivity index (χ4v) is 3.54. The molecule has 0 heterocycles. The molecule has 0 amide bonds. The van der Waals surface area contributed by atoms with Crippen molar-refractivity contribution in [1.29, 1.82) is 0 Å². The zero-order chi connectivity index (χ0) is 9.47. The second kappa shape index (κ2) is 3.57. The molecular weight excluding hydrogens is 223 g/mol. The number of hydrogen-bond acceptors (Lipinski definition) is 1. The van der Waals surface area contributed by atoms with Crippen molar-refractivity contribution < 1.29 is 4.43 Å². The highest BCUT2D eigenvalue weighted by Gasteiger charge is 2.37. The molecule has 2 aliphatic rings. The van der Waals surface area contributed by atoms with E-state index in [1.165, 1.54) is 12.8 Å². The monoisotopic (exact) mass is 234 g/mol. The second-order valence-electron chi connectivity index (χ2n) is 3.91. The van der Waals surface area contributed by atoms with Crippen LogP contribution in [0, 0.1) is 11.8 Å². The van der Waals surface area contributed by atoms with Crippen LogP contribution in [0.4, 0.5) is 0 Å². The Bertz CT molecular complexity index is 224. The van der Waals surface area contributed by atoms with E-state index in [0.717, 1.165) is 11.8 Å². The van der Waals surface area contributed by atoms with Crippen molar-refractivity contribution in [2.75, 3.05) is 0 Å². The van der Waals surface area contributed by atoms with E-state index < -0.39 is 4.52 Å². The smallest absolute Gasteiger partial charge is 0.237 e. The van der Waals surface area contributed by atoms with E-state index in [0.29, 0.717) is 15.3 Å². The van der Waals surface area contributed by atoms with Crippen LogP contribution in [0.25, 0.3) is 0 Å². The van der Waals surface area contributed by atoms with Gasteiger partial charge in [0.2, 0.25) is 14.3 Å². The minimum atomic E-state index is -1.01. The van der Waals surface area contributed by atoms with Gasteiger partial charge in [-0.2, -0.15) is 0 Å². The molecule has 1 saturated carbocycles. The summed E-state index contributed by atoms with van der Waals surface area (Å²) in [4.78, 5) is 0. The van der Waals surface area contributed by atoms with Gasteiger partial charge in [-0.15, -0.1) is 0 Å². The van der Waals surface area contributed by atoms with E-state index in [4.69, 9.17) is 27.6 Å². The Morgan fingerprint density at radius 3 is 2.62 bits per heavy atom. The van der Waals surface area contributed by atoms with Crippen molar-refractivity contribution in [3.63, 3.8) is 0 Å². The van der Waals surface area contributed by atoms with Crippen LogP contribution in [0.2, 0.25) is 5.54 Å². The van der Waals surface area contributed by atoms with Gasteiger partial charge >= 0.3 is 0 Å². The number of hydrogen-bond donors (Lipinski definition) is 0. The summed E-state index contributed by atoms with van der Waals surface area (Å²) in [6.45, 7) is 1.67. The van der Waals surface area contributed by atoms with Crippen LogP contribution < -0.4 is 0 Å². The van der Waals surface area contributed by atoms with Crippen LogP contribution in [-0.4, -0.2) is 14.3 Å². The predicted octanol–water partition coefficient (Wildman–Crippen LogP) is 3.16. The van der Waals surface area contributed by atoms with Crippen molar-refractivity contribution in [2.24, 2.45) is 11.8 Å². The lowest BCUT2D eigenvalue weighted by molar-refractivity contribution is 0.269. The molecule has 3 atom stereocenters. The van der Waals surface area contributed by atoms with Crippen molar-refractivity contribution in [2.45, 2.75) is 29.8 Å². The van der Waals surface area contributed by atoms with Crippen LogP contribution in [0.3, 0.4) is 0 Å². The van der Waals surface area contributed by atoms with Crippen molar-refractivity contribution in [1.82, 2.24) is 0 Å². The number of fused-ring (bicyclic) bond motifs is 2. The molecule has 72 valence electrons. The molecule has 0 aliphatic heterocycles. The van der Waals surface area contributed by atoms with E-state index in [9.17, 15) is 0 Å². The van der Waals surface area contributed by atoms with Gasteiger partial charge in [0, 0.05) is 0 Å². The SMILES string of the molecule is CC(Cl)(Cl)O[Si]C1CC2C=CC1C2. The van der Waals surface area contributed by atoms with Crippen LogP contribution in [0.15, 0.2) is 12.2 Å². The maximum Gasteiger partial charge on any atom is 0.237 e. The summed E-state index contributed by atoms with van der Waals surface area (Å²) >= 11 is 11.5. The minimum absolute atomic E-state index is 0.440. The molecule has 13 heavy (non-hydrogen) atoms. The summed E-state index contributed by atoms with van der Waals surface area (Å²) < 4.78 is 4.38. The third kappa shape index (κ3) is 2.49. The highest BCUT2D eigenvalue weighted by molar-refractivity contribution is 6.49. The summed E-state index contributed by atoms with van der Waals surface area (Å²) in [5, 5.41) is 0. The fraction of sp³-hybridized carbons (Fsp3) is 0.778. The van der Waals surface area contributed by atoms with Crippen molar-refractivity contribution in [3.8, 4) is 0 Å². The summed E-state index contributed by atoms with van der Waals surface area (Å²) in [6.07, 6.45) is 7.20. The lowest BCUT2D eigenvalue weighted by Gasteiger charge is -2.20. The molecule has 2 rings (SSSR count). The molecule has 1 fully saturated rings. The number of rotatable bonds is 3. The topological polar surface area (TPSA) is 9.23 Å². The highest BCUT2D eigenvalue weighted by Crippen LogP contribution is 2.47. The lowest BCUT2D eigenvalue weighted by Crippen LogP contribution is -2.21. The largest absolute Gasteiger partial charge is 0.388 e. The van der Waals surface area contributed by atoms with Crippen molar-refractivity contribution in [3.05, 3.63) is 12.2 Å². The number of allylic oxidation sites excluding steroid dienone is 2. The van der Waals surface area contributed by atoms with E-state index in [1.807, 2.05) is 0 Å². The predicted molar refractivity (Wildman–Crippen MR) is 56.1 cm³/mol. The maximum atomic E-state index is 5.75. The fourth-order valence-electron chi connectivity index (χ4n) is 2.10. The van der Waals surface area contributed by atoms with E-state index in [1.54, 1.807) is 6.92 Å². The molecule has 0 aromatic carbocycles. The van der Waals surface area contributed by atoms with Gasteiger partial charge in [0.25, 0.3) is 0 Å². The van der Waals surface area contributed by atoms with Crippen LogP contribution in [-0.2, 0) is 4.43 Å². The minimum Gasteiger partial charge on any atom is -0.388 e. The summed E-state index contributed by atoms with van der Waals surface area (Å²) in [5.74, 6) is 1.52. The Labute approximate surface area is 91.4 Å². The Balaban J connectivity index is 1.81. The zero-order valence-corrected chi connectivity index (χ0v) is 9.98. The van der Waals surface area contributed by atoms with Gasteiger partial charge in [-0.25, -0.2) is 0 Å². The normalized spacial score (nSPS) is 37.3. The Hall–Kier alpha value is 0.497. The van der Waals surface area contributed by atoms with Crippen LogP contribution in [0.5, 0.6) is 0 Å². The molecule has 2 radical (unpaired) electrons. The molecule has 4 heteroatoms. The van der Waals surface area contributed by atoms with Crippen LogP contribution >= 0.6 is 23.2 Å². The number of halogens is 2. The molecule has 0 saturated heterocycles. The number of alkyl halides is 2. The van der Waals surface area contributed by atoms with Gasteiger partial charge in [0.15, 0.2) is 0 Å². The van der Waals surface area contributed by atoms with Gasteiger partial charge < -0.3 is 4.43 Å². The molecule has 1 nitrogen and oxygen atoms in total. The molecule has 0 aromatic rings. The first-order valence-electron chi connectivity index (χ1n) is 4.54. The molecule has 3 unspecified atom stereocenters. The lowest BCUT2D eigenvalue weighted by atomic mass is 10.1. The van der Waals surface area contributed by atoms with Gasteiger partial charge in [-0.1, -0.05) is 35.4 Å². The molecule has 0 aromatic heterocycles. The summed E-state index contributed by atoms with van der Waals surface area (Å²) in [6, 6.07) is 0. The first-order valence-corrected chi connectivity index (χ1v) is 6.28. The second-order valence-corrected chi connectivity index (χ2v) is 6.73. The van der Waals surface area contributed by atoms with Gasteiger partial charge in [0.1, 0.15) is 0 Å². The Morgan fingerprint density at radius 2 is 2.15 bits per heavy atom. The van der Waals surface area contributed by atoms with Gasteiger partial charge in [-0.3, -0.25) is 0 Å². The van der Waals surface area contributed by atoms with E-state index in [-0.39, 0.29) is 0 Å². The van der Waals surface area contributed by atoms with E-state index >= 15 is 0 Å². The first-order chi connectivity index (χ1) is 6.04. The average Bonchev–Trinajstić information content (AvgIpc) is 2.58. The third-order valence-electron chi connectivity index (χ3n) is 2.67. The van der Waals surface area contributed by atoms with Gasteiger partial charge in [0.05, 0.1) is 0 Å². The standard InChI is InChI=1S/C9H12Cl2OSi/c1-9(10,11)12-13-8-5-6-2-3-7(8)4-6/h2-3,6-8H,4-5H2,1H3. The zero-order valence-electron chi connectivity index (χ0n) is 7.47. The molecule has 2 aliphatic carbocycles. The molecule has 0 N–H and O–H groups in total. The summed E-state index contributed by atoms with van der Waals surface area (Å²) in [7, 11) is 0.440. The molecular formula is C9H12Cl2OSi. The van der Waals surface area contributed by atoms with E-state index in [2.05, 4.69) is 12.2 Å². The molecule has 0 spiro atoms. The summed E-state index contributed by atoms with van der Waals surface area (Å²) in [5.41, 5.74) is 0.659. The Morgan fingerprint density at radius 1 is 1.38 bits per heavy atom. The first kappa shape index (κ1) is 10.0. The maximum absolute atomic E-state index is 5.75. The van der Waals surface area contributed by atoms with Gasteiger partial charge in [-0.05, 0) is 37.1 Å². The van der Waals surface area contributed by atoms with Crippen LogP contribution in [0.1, 0.15) is 19.8 Å². The Kier molecular flexibility index (Phi) is 2.76. The average molecular weight is 235 g/mol. The quantitative estimate of drug-likeness (QED) is 0.415. The molecule has 2 bridgehead atoms.